The molecule has 0 atom stereocenters. The summed E-state index contributed by atoms with van der Waals surface area (Å²) in [5, 5.41) is 8.79. The van der Waals surface area contributed by atoms with Crippen LogP contribution in [0, 0.1) is 5.41 Å². The molecule has 0 unspecified atom stereocenters. The summed E-state index contributed by atoms with van der Waals surface area (Å²) in [6, 6.07) is 0. The fourth-order valence-corrected chi connectivity index (χ4v) is 1.95. The number of carbonyl (C=O) groups excluding carboxylic acids is 2. The van der Waals surface area contributed by atoms with Crippen LogP contribution in [-0.2, 0) is 9.59 Å². The molecule has 0 aliphatic carbocycles. The molecule has 124 valence electrons. The summed E-state index contributed by atoms with van der Waals surface area (Å²) in [6.45, 7) is 11.5. The second kappa shape index (κ2) is 9.97. The molecule has 0 aromatic heterocycles. The number of hydrogen-bond donors (Lipinski definition) is 3. The van der Waals surface area contributed by atoms with E-state index in [9.17, 15) is 9.59 Å². The molecule has 0 spiro atoms. The minimum atomic E-state index is -0.456. The first kappa shape index (κ1) is 20.1. The molecule has 1 fully saturated rings. The van der Waals surface area contributed by atoms with Gasteiger partial charge in [-0.15, -0.1) is 12.4 Å². The van der Waals surface area contributed by atoms with Crippen molar-refractivity contribution in [3.8, 4) is 0 Å². The van der Waals surface area contributed by atoms with Crippen molar-refractivity contribution in [2.75, 3.05) is 45.8 Å². The average Bonchev–Trinajstić information content (AvgIpc) is 2.41. The Bertz CT molecular complexity index is 325. The highest BCUT2D eigenvalue weighted by molar-refractivity contribution is 5.87. The summed E-state index contributed by atoms with van der Waals surface area (Å²) in [5.74, 6) is -0.226. The van der Waals surface area contributed by atoms with E-state index < -0.39 is 5.41 Å². The number of halogens is 1. The van der Waals surface area contributed by atoms with E-state index in [0.29, 0.717) is 6.54 Å². The first-order valence-corrected chi connectivity index (χ1v) is 7.37. The van der Waals surface area contributed by atoms with Gasteiger partial charge in [0, 0.05) is 38.1 Å². The average molecular weight is 321 g/mol. The van der Waals surface area contributed by atoms with Crippen LogP contribution in [0.25, 0.3) is 0 Å². The molecule has 0 bridgehead atoms. The maximum absolute atomic E-state index is 11.6. The molecule has 21 heavy (non-hydrogen) atoms. The van der Waals surface area contributed by atoms with Crippen molar-refractivity contribution in [1.82, 2.24) is 20.9 Å². The number of rotatable bonds is 6. The third-order valence-electron chi connectivity index (χ3n) is 3.27. The van der Waals surface area contributed by atoms with Crippen LogP contribution in [0.15, 0.2) is 0 Å². The van der Waals surface area contributed by atoms with E-state index >= 15 is 0 Å². The molecular formula is C14H29ClN4O2. The van der Waals surface area contributed by atoms with E-state index in [1.807, 2.05) is 20.8 Å². The molecule has 0 radical (unpaired) electrons. The van der Waals surface area contributed by atoms with Gasteiger partial charge in [-0.05, 0) is 13.0 Å². The topological polar surface area (TPSA) is 73.5 Å². The second-order valence-electron chi connectivity index (χ2n) is 6.23. The number of carbonyl (C=O) groups is 2. The smallest absolute Gasteiger partial charge is 0.239 e. The molecule has 1 saturated heterocycles. The van der Waals surface area contributed by atoms with Crippen LogP contribution < -0.4 is 16.0 Å². The zero-order valence-electron chi connectivity index (χ0n) is 13.3. The number of nitrogens with zero attached hydrogens (tertiary/aromatic N) is 1. The van der Waals surface area contributed by atoms with E-state index in [0.717, 1.165) is 39.1 Å². The highest BCUT2D eigenvalue weighted by atomic mass is 35.5. The number of nitrogens with one attached hydrogen (secondary N) is 3. The molecule has 1 aliphatic rings. The molecule has 1 rings (SSSR count). The summed E-state index contributed by atoms with van der Waals surface area (Å²) >= 11 is 0. The van der Waals surface area contributed by atoms with E-state index in [1.54, 1.807) is 0 Å². The highest BCUT2D eigenvalue weighted by Gasteiger charge is 2.21. The molecule has 0 saturated carbocycles. The van der Waals surface area contributed by atoms with Crippen molar-refractivity contribution in [2.45, 2.75) is 27.2 Å². The van der Waals surface area contributed by atoms with Crippen LogP contribution in [0.4, 0.5) is 0 Å². The third kappa shape index (κ3) is 8.90. The zero-order chi connectivity index (χ0) is 15.0. The van der Waals surface area contributed by atoms with E-state index in [1.165, 1.54) is 0 Å². The SMILES string of the molecule is CC(C)(C)C(=O)NCC(=O)NCCCN1CCNCC1.Cl. The van der Waals surface area contributed by atoms with Gasteiger partial charge in [0.05, 0.1) is 6.54 Å². The lowest BCUT2D eigenvalue weighted by atomic mass is 9.96. The molecule has 0 aromatic carbocycles. The van der Waals surface area contributed by atoms with Gasteiger partial charge >= 0.3 is 0 Å². The van der Waals surface area contributed by atoms with Crippen molar-refractivity contribution in [3.05, 3.63) is 0 Å². The monoisotopic (exact) mass is 320 g/mol. The van der Waals surface area contributed by atoms with Gasteiger partial charge in [-0.2, -0.15) is 0 Å². The second-order valence-corrected chi connectivity index (χ2v) is 6.23. The van der Waals surface area contributed by atoms with Gasteiger partial charge in [0.1, 0.15) is 0 Å². The van der Waals surface area contributed by atoms with Gasteiger partial charge in [0.25, 0.3) is 0 Å². The molecule has 1 heterocycles. The molecule has 0 aromatic rings. The van der Waals surface area contributed by atoms with E-state index in [4.69, 9.17) is 0 Å². The van der Waals surface area contributed by atoms with Crippen molar-refractivity contribution in [2.24, 2.45) is 5.41 Å². The van der Waals surface area contributed by atoms with Gasteiger partial charge in [0.15, 0.2) is 0 Å². The highest BCUT2D eigenvalue weighted by Crippen LogP contribution is 2.11. The lowest BCUT2D eigenvalue weighted by Crippen LogP contribution is -2.45. The lowest BCUT2D eigenvalue weighted by Gasteiger charge is -2.27. The van der Waals surface area contributed by atoms with Crippen LogP contribution in [0.3, 0.4) is 0 Å². The van der Waals surface area contributed by atoms with Crippen LogP contribution in [0.5, 0.6) is 0 Å². The molecule has 3 N–H and O–H groups in total. The predicted octanol–water partition coefficient (Wildman–Crippen LogP) is -0.0180. The van der Waals surface area contributed by atoms with Gasteiger partial charge in [-0.25, -0.2) is 0 Å². The summed E-state index contributed by atoms with van der Waals surface area (Å²) in [7, 11) is 0. The Balaban J connectivity index is 0.00000400. The zero-order valence-corrected chi connectivity index (χ0v) is 14.1. The van der Waals surface area contributed by atoms with Crippen LogP contribution in [-0.4, -0.2) is 62.5 Å². The summed E-state index contributed by atoms with van der Waals surface area (Å²) in [6.07, 6.45) is 0.943. The molecule has 6 nitrogen and oxygen atoms in total. The molecule has 2 amide bonds. The van der Waals surface area contributed by atoms with Gasteiger partial charge in [-0.3, -0.25) is 9.59 Å². The Morgan fingerprint density at radius 1 is 1.14 bits per heavy atom. The first-order chi connectivity index (χ1) is 9.39. The number of hydrogen-bond acceptors (Lipinski definition) is 4. The van der Waals surface area contributed by atoms with Crippen LogP contribution >= 0.6 is 12.4 Å². The van der Waals surface area contributed by atoms with Gasteiger partial charge in [-0.1, -0.05) is 20.8 Å². The Morgan fingerprint density at radius 2 is 1.76 bits per heavy atom. The maximum Gasteiger partial charge on any atom is 0.239 e. The molecule has 7 heteroatoms. The largest absolute Gasteiger partial charge is 0.355 e. The Hall–Kier alpha value is -0.850. The normalized spacial score (nSPS) is 16.0. The minimum Gasteiger partial charge on any atom is -0.355 e. The summed E-state index contributed by atoms with van der Waals surface area (Å²) in [5.41, 5.74) is -0.456. The van der Waals surface area contributed by atoms with Crippen molar-refractivity contribution in [3.63, 3.8) is 0 Å². The van der Waals surface area contributed by atoms with Crippen molar-refractivity contribution in [1.29, 1.82) is 0 Å². The van der Waals surface area contributed by atoms with Gasteiger partial charge in [0.2, 0.25) is 11.8 Å². The summed E-state index contributed by atoms with van der Waals surface area (Å²) < 4.78 is 0. The fraction of sp³-hybridized carbons (Fsp3) is 0.857. The Labute approximate surface area is 133 Å². The predicted molar refractivity (Wildman–Crippen MR) is 86.6 cm³/mol. The standard InChI is InChI=1S/C14H28N4O2.ClH/c1-14(2,3)13(20)17-11-12(19)16-5-4-8-18-9-6-15-7-10-18;/h15H,4-11H2,1-3H3,(H,16,19)(H,17,20);1H. The minimum absolute atomic E-state index is 0. The Morgan fingerprint density at radius 3 is 2.33 bits per heavy atom. The summed E-state index contributed by atoms with van der Waals surface area (Å²) in [4.78, 5) is 25.6. The van der Waals surface area contributed by atoms with E-state index in [-0.39, 0.29) is 30.8 Å². The molecule has 1 aliphatic heterocycles. The van der Waals surface area contributed by atoms with Gasteiger partial charge < -0.3 is 20.9 Å². The Kier molecular flexibility index (Phi) is 9.57. The third-order valence-corrected chi connectivity index (χ3v) is 3.27. The number of amides is 2. The molecular weight excluding hydrogens is 292 g/mol. The maximum atomic E-state index is 11.6. The van der Waals surface area contributed by atoms with E-state index in [2.05, 4.69) is 20.9 Å². The number of piperazine rings is 1. The van der Waals surface area contributed by atoms with Crippen molar-refractivity contribution < 1.29 is 9.59 Å². The van der Waals surface area contributed by atoms with Crippen LogP contribution in [0.1, 0.15) is 27.2 Å². The van der Waals surface area contributed by atoms with Crippen molar-refractivity contribution >= 4 is 24.2 Å². The quantitative estimate of drug-likeness (QED) is 0.602. The first-order valence-electron chi connectivity index (χ1n) is 7.37. The van der Waals surface area contributed by atoms with Crippen LogP contribution in [0.2, 0.25) is 0 Å². The fourth-order valence-electron chi connectivity index (χ4n) is 1.95. The lowest BCUT2D eigenvalue weighted by molar-refractivity contribution is -0.131.